The van der Waals surface area contributed by atoms with Crippen molar-refractivity contribution in [2.45, 2.75) is 13.0 Å². The minimum atomic E-state index is -0.925. The number of benzene rings is 1. The number of aromatic carboxylic acids is 1. The van der Waals surface area contributed by atoms with Crippen LogP contribution in [0.3, 0.4) is 0 Å². The van der Waals surface area contributed by atoms with Crippen molar-refractivity contribution < 1.29 is 9.90 Å². The van der Waals surface area contributed by atoms with E-state index < -0.39 is 5.97 Å². The first-order valence-electron chi connectivity index (χ1n) is 3.80. The molecule has 0 saturated heterocycles. The molecule has 3 N–H and O–H groups in total. The average molecular weight is 291 g/mol. The Morgan fingerprint density at radius 1 is 1.62 bits per heavy atom. The summed E-state index contributed by atoms with van der Waals surface area (Å²) in [6.07, 6.45) is 0. The van der Waals surface area contributed by atoms with Gasteiger partial charge in [-0.3, -0.25) is 0 Å². The lowest BCUT2D eigenvalue weighted by Gasteiger charge is -2.09. The summed E-state index contributed by atoms with van der Waals surface area (Å²) in [5.74, 6) is -0.925. The average Bonchev–Trinajstić information content (AvgIpc) is 2.03. The van der Waals surface area contributed by atoms with Crippen LogP contribution in [0.2, 0.25) is 0 Å². The van der Waals surface area contributed by atoms with Crippen LogP contribution in [-0.4, -0.2) is 11.1 Å². The first-order chi connectivity index (χ1) is 6.02. The summed E-state index contributed by atoms with van der Waals surface area (Å²) in [6, 6.07) is 4.99. The molecule has 0 saturated carbocycles. The molecular formula is C9H10INO2. The van der Waals surface area contributed by atoms with Gasteiger partial charge in [-0.05, 0) is 47.2 Å². The number of rotatable bonds is 2. The van der Waals surface area contributed by atoms with E-state index in [1.54, 1.807) is 19.1 Å². The van der Waals surface area contributed by atoms with Gasteiger partial charge in [0.05, 0.1) is 5.56 Å². The van der Waals surface area contributed by atoms with E-state index in [4.69, 9.17) is 10.8 Å². The van der Waals surface area contributed by atoms with Crippen molar-refractivity contribution in [1.82, 2.24) is 0 Å². The number of hydrogen-bond acceptors (Lipinski definition) is 2. The predicted octanol–water partition coefficient (Wildman–Crippen LogP) is 2.01. The van der Waals surface area contributed by atoms with Gasteiger partial charge in [-0.25, -0.2) is 4.79 Å². The molecule has 0 aromatic heterocycles. The van der Waals surface area contributed by atoms with E-state index in [0.717, 1.165) is 3.57 Å². The van der Waals surface area contributed by atoms with E-state index in [0.29, 0.717) is 11.1 Å². The van der Waals surface area contributed by atoms with Crippen molar-refractivity contribution in [3.63, 3.8) is 0 Å². The fourth-order valence-corrected chi connectivity index (χ4v) is 1.60. The summed E-state index contributed by atoms with van der Waals surface area (Å²) in [4.78, 5) is 10.8. The molecule has 70 valence electrons. The summed E-state index contributed by atoms with van der Waals surface area (Å²) < 4.78 is 0.902. The highest BCUT2D eigenvalue weighted by Crippen LogP contribution is 2.18. The standard InChI is InChI=1S/C9H10INO2/c1-5(11)7-3-2-6(10)4-8(7)9(12)13/h2-5H,11H2,1H3,(H,12,13). The first kappa shape index (κ1) is 10.5. The molecule has 1 rings (SSSR count). The molecule has 1 aromatic carbocycles. The van der Waals surface area contributed by atoms with Crippen molar-refractivity contribution in [2.75, 3.05) is 0 Å². The molecule has 0 bridgehead atoms. The number of carboxylic acids is 1. The van der Waals surface area contributed by atoms with Crippen LogP contribution in [-0.2, 0) is 0 Å². The summed E-state index contributed by atoms with van der Waals surface area (Å²) in [5.41, 5.74) is 6.60. The fourth-order valence-electron chi connectivity index (χ4n) is 1.11. The van der Waals surface area contributed by atoms with Crippen LogP contribution in [0.4, 0.5) is 0 Å². The number of halogens is 1. The number of hydrogen-bond donors (Lipinski definition) is 2. The normalized spacial score (nSPS) is 12.5. The Bertz CT molecular complexity index is 336. The van der Waals surface area contributed by atoms with Crippen LogP contribution >= 0.6 is 22.6 Å². The maximum Gasteiger partial charge on any atom is 0.336 e. The van der Waals surface area contributed by atoms with Crippen molar-refractivity contribution in [3.8, 4) is 0 Å². The van der Waals surface area contributed by atoms with Crippen LogP contribution in [0, 0.1) is 3.57 Å². The summed E-state index contributed by atoms with van der Waals surface area (Å²) in [5, 5.41) is 8.88. The highest BCUT2D eigenvalue weighted by Gasteiger charge is 2.12. The molecule has 1 aromatic rings. The number of nitrogens with two attached hydrogens (primary N) is 1. The SMILES string of the molecule is CC(N)c1ccc(I)cc1C(=O)O. The van der Waals surface area contributed by atoms with Gasteiger partial charge in [0.25, 0.3) is 0 Å². The van der Waals surface area contributed by atoms with E-state index in [1.165, 1.54) is 0 Å². The predicted molar refractivity (Wildman–Crippen MR) is 58.7 cm³/mol. The van der Waals surface area contributed by atoms with Crippen molar-refractivity contribution >= 4 is 28.6 Å². The molecule has 0 heterocycles. The second-order valence-corrected chi connectivity index (χ2v) is 4.07. The highest BCUT2D eigenvalue weighted by atomic mass is 127. The lowest BCUT2D eigenvalue weighted by molar-refractivity contribution is 0.0695. The van der Waals surface area contributed by atoms with Crippen LogP contribution in [0.15, 0.2) is 18.2 Å². The van der Waals surface area contributed by atoms with Crippen LogP contribution in [0.1, 0.15) is 28.9 Å². The minimum absolute atomic E-state index is 0.247. The first-order valence-corrected chi connectivity index (χ1v) is 4.88. The molecule has 0 aliphatic carbocycles. The Morgan fingerprint density at radius 2 is 2.23 bits per heavy atom. The topological polar surface area (TPSA) is 63.3 Å². The Hall–Kier alpha value is -0.620. The van der Waals surface area contributed by atoms with Crippen LogP contribution in [0.25, 0.3) is 0 Å². The van der Waals surface area contributed by atoms with E-state index >= 15 is 0 Å². The molecule has 3 nitrogen and oxygen atoms in total. The van der Waals surface area contributed by atoms with Crippen LogP contribution in [0.5, 0.6) is 0 Å². The van der Waals surface area contributed by atoms with Gasteiger partial charge in [0.2, 0.25) is 0 Å². The highest BCUT2D eigenvalue weighted by molar-refractivity contribution is 14.1. The van der Waals surface area contributed by atoms with Gasteiger partial charge in [0.1, 0.15) is 0 Å². The zero-order chi connectivity index (χ0) is 10.0. The quantitative estimate of drug-likeness (QED) is 0.819. The third-order valence-electron chi connectivity index (χ3n) is 1.74. The largest absolute Gasteiger partial charge is 0.478 e. The third kappa shape index (κ3) is 2.41. The van der Waals surface area contributed by atoms with E-state index in [1.807, 2.05) is 6.07 Å². The smallest absolute Gasteiger partial charge is 0.336 e. The lowest BCUT2D eigenvalue weighted by atomic mass is 10.0. The lowest BCUT2D eigenvalue weighted by Crippen LogP contribution is -2.11. The number of carbonyl (C=O) groups is 1. The zero-order valence-electron chi connectivity index (χ0n) is 7.12. The molecule has 1 atom stereocenters. The van der Waals surface area contributed by atoms with E-state index in [9.17, 15) is 4.79 Å². The molecule has 0 radical (unpaired) electrons. The van der Waals surface area contributed by atoms with Crippen molar-refractivity contribution in [1.29, 1.82) is 0 Å². The van der Waals surface area contributed by atoms with Crippen molar-refractivity contribution in [3.05, 3.63) is 32.9 Å². The van der Waals surface area contributed by atoms with Gasteiger partial charge in [0, 0.05) is 9.61 Å². The van der Waals surface area contributed by atoms with Gasteiger partial charge in [-0.15, -0.1) is 0 Å². The monoisotopic (exact) mass is 291 g/mol. The summed E-state index contributed by atoms with van der Waals surface area (Å²) >= 11 is 2.07. The van der Waals surface area contributed by atoms with Gasteiger partial charge in [-0.2, -0.15) is 0 Å². The molecule has 0 fully saturated rings. The Morgan fingerprint density at radius 3 is 2.69 bits per heavy atom. The van der Waals surface area contributed by atoms with Gasteiger partial charge < -0.3 is 10.8 Å². The molecule has 4 heteroatoms. The van der Waals surface area contributed by atoms with Crippen LogP contribution < -0.4 is 5.73 Å². The zero-order valence-corrected chi connectivity index (χ0v) is 9.28. The van der Waals surface area contributed by atoms with E-state index in [2.05, 4.69) is 22.6 Å². The molecular weight excluding hydrogens is 281 g/mol. The summed E-state index contributed by atoms with van der Waals surface area (Å²) in [6.45, 7) is 1.77. The van der Waals surface area contributed by atoms with E-state index in [-0.39, 0.29) is 6.04 Å². The molecule has 13 heavy (non-hydrogen) atoms. The maximum absolute atomic E-state index is 10.8. The minimum Gasteiger partial charge on any atom is -0.478 e. The Labute approximate surface area is 90.1 Å². The molecule has 0 spiro atoms. The Kier molecular flexibility index (Phi) is 3.27. The fraction of sp³-hybridized carbons (Fsp3) is 0.222. The summed E-state index contributed by atoms with van der Waals surface area (Å²) in [7, 11) is 0. The Balaban J connectivity index is 3.27. The van der Waals surface area contributed by atoms with Crippen molar-refractivity contribution in [2.24, 2.45) is 5.73 Å². The second kappa shape index (κ2) is 4.06. The molecule has 0 amide bonds. The maximum atomic E-state index is 10.8. The number of carboxylic acid groups (broad SMARTS) is 1. The molecule has 0 aliphatic rings. The molecule has 0 aliphatic heterocycles. The third-order valence-corrected chi connectivity index (χ3v) is 2.41. The van der Waals surface area contributed by atoms with Gasteiger partial charge in [-0.1, -0.05) is 6.07 Å². The van der Waals surface area contributed by atoms with Gasteiger partial charge in [0.15, 0.2) is 0 Å². The molecule has 1 unspecified atom stereocenters. The second-order valence-electron chi connectivity index (χ2n) is 2.83. The van der Waals surface area contributed by atoms with Gasteiger partial charge >= 0.3 is 5.97 Å².